The van der Waals surface area contributed by atoms with Gasteiger partial charge in [-0.25, -0.2) is 0 Å². The van der Waals surface area contributed by atoms with Gasteiger partial charge < -0.3 is 38.8 Å². The number of unbranched alkanes of at least 4 members (excludes halogenated alkanes) is 2. The summed E-state index contributed by atoms with van der Waals surface area (Å²) < 4.78 is 23.3. The highest BCUT2D eigenvalue weighted by atomic mass is 16.5. The highest BCUT2D eigenvalue weighted by molar-refractivity contribution is 6.02. The van der Waals surface area contributed by atoms with Gasteiger partial charge in [0.05, 0.1) is 56.5 Å². The molecule has 3 aliphatic heterocycles. The zero-order valence-corrected chi connectivity index (χ0v) is 27.5. The smallest absolute Gasteiger partial charge is 0.260 e. The van der Waals surface area contributed by atoms with Crippen molar-refractivity contribution in [2.24, 2.45) is 4.99 Å². The van der Waals surface area contributed by atoms with Crippen LogP contribution < -0.4 is 23.8 Å². The predicted molar refractivity (Wildman–Crippen MR) is 177 cm³/mol. The van der Waals surface area contributed by atoms with Crippen molar-refractivity contribution >= 4 is 29.9 Å². The van der Waals surface area contributed by atoms with Crippen molar-refractivity contribution in [1.82, 2.24) is 9.80 Å². The van der Waals surface area contributed by atoms with Gasteiger partial charge in [-0.15, -0.1) is 0 Å². The highest BCUT2D eigenvalue weighted by Gasteiger charge is 2.41. The largest absolute Gasteiger partial charge is 0.493 e. The van der Waals surface area contributed by atoms with Crippen LogP contribution in [-0.4, -0.2) is 86.2 Å². The lowest BCUT2D eigenvalue weighted by atomic mass is 10.1. The molecule has 3 atom stereocenters. The molecule has 2 aromatic rings. The predicted octanol–water partition coefficient (Wildman–Crippen LogP) is 5.36. The van der Waals surface area contributed by atoms with Crippen molar-refractivity contribution in [3.8, 4) is 23.0 Å². The van der Waals surface area contributed by atoms with Gasteiger partial charge in [0.1, 0.15) is 6.23 Å². The summed E-state index contributed by atoms with van der Waals surface area (Å²) in [7, 11) is 4.96. The van der Waals surface area contributed by atoms with Gasteiger partial charge >= 0.3 is 0 Å². The Morgan fingerprint density at radius 2 is 1.54 bits per heavy atom. The van der Waals surface area contributed by atoms with Crippen molar-refractivity contribution in [2.75, 3.05) is 39.4 Å². The molecule has 11 heteroatoms. The number of hydrogen-bond acceptors (Lipinski definition) is 9. The molecule has 2 amide bonds. The first kappa shape index (κ1) is 32.9. The van der Waals surface area contributed by atoms with Crippen molar-refractivity contribution in [3.63, 3.8) is 0 Å². The van der Waals surface area contributed by atoms with E-state index in [4.69, 9.17) is 18.9 Å². The van der Waals surface area contributed by atoms with Crippen LogP contribution in [0.5, 0.6) is 23.0 Å². The third-order valence-electron chi connectivity index (χ3n) is 8.69. The molecule has 0 bridgehead atoms. The minimum Gasteiger partial charge on any atom is -0.493 e. The van der Waals surface area contributed by atoms with Crippen LogP contribution in [0.4, 0.5) is 11.4 Å². The first-order chi connectivity index (χ1) is 22.1. The molecule has 3 aliphatic rings. The number of aryl methyl sites for hydroxylation is 1. The minimum absolute atomic E-state index is 0.0918. The molecular weight excluding hydrogens is 588 g/mol. The average Bonchev–Trinajstić information content (AvgIpc) is 3.62. The van der Waals surface area contributed by atoms with Gasteiger partial charge in [-0.05, 0) is 70.6 Å². The quantitative estimate of drug-likeness (QED) is 0.178. The Morgan fingerprint density at radius 1 is 0.891 bits per heavy atom. The number of aliphatic imine (C=N–C) groups is 1. The van der Waals surface area contributed by atoms with Crippen LogP contribution in [-0.2, 0) is 4.79 Å². The average molecular weight is 633 g/mol. The Balaban J connectivity index is 1.15. The molecule has 3 heterocycles. The molecule has 0 fully saturated rings. The number of nitrogens with zero attached hydrogens (tertiary/aromatic N) is 4. The number of methoxy groups -OCH3 is 2. The summed E-state index contributed by atoms with van der Waals surface area (Å²) in [6, 6.07) is 6.83. The van der Waals surface area contributed by atoms with Crippen molar-refractivity contribution in [3.05, 3.63) is 58.9 Å². The maximum atomic E-state index is 13.4. The Hall–Kier alpha value is -4.51. The van der Waals surface area contributed by atoms with Crippen LogP contribution >= 0.6 is 0 Å². The molecule has 5 rings (SSSR count). The SMILES string of the molecule is COc1cc(C)c(N=CC2CC(C)=CN2C=O)cc1OCCCCCOc1cc2c(cc1OC)C(=O)N1C=C(C)CC1C(O)N2C. The number of hydrogen-bond donors (Lipinski definition) is 1. The second kappa shape index (κ2) is 14.3. The zero-order chi connectivity index (χ0) is 33.0. The Labute approximate surface area is 270 Å². The van der Waals surface area contributed by atoms with E-state index < -0.39 is 6.23 Å². The number of amides is 2. The summed E-state index contributed by atoms with van der Waals surface area (Å²) in [5, 5.41) is 11.1. The van der Waals surface area contributed by atoms with E-state index in [1.54, 1.807) is 54.3 Å². The fourth-order valence-electron chi connectivity index (χ4n) is 6.15. The molecule has 0 aliphatic carbocycles. The lowest BCUT2D eigenvalue weighted by molar-refractivity contribution is -0.116. The molecule has 0 radical (unpaired) electrons. The summed E-state index contributed by atoms with van der Waals surface area (Å²) in [5.74, 6) is 2.09. The van der Waals surface area contributed by atoms with E-state index in [-0.39, 0.29) is 18.0 Å². The number of ether oxygens (including phenoxy) is 4. The Morgan fingerprint density at radius 3 is 2.22 bits per heavy atom. The number of fused-ring (bicyclic) bond motifs is 2. The number of benzene rings is 2. The van der Waals surface area contributed by atoms with E-state index in [1.165, 1.54) is 0 Å². The van der Waals surface area contributed by atoms with E-state index in [9.17, 15) is 14.7 Å². The van der Waals surface area contributed by atoms with Gasteiger partial charge in [0, 0.05) is 37.8 Å². The lowest BCUT2D eigenvalue weighted by Crippen LogP contribution is -2.46. The molecule has 46 heavy (non-hydrogen) atoms. The van der Waals surface area contributed by atoms with Gasteiger partial charge in [0.15, 0.2) is 23.0 Å². The van der Waals surface area contributed by atoms with Gasteiger partial charge in [0.25, 0.3) is 5.91 Å². The molecule has 246 valence electrons. The number of carbonyl (C=O) groups is 2. The van der Waals surface area contributed by atoms with Crippen LogP contribution in [0.25, 0.3) is 0 Å². The molecule has 0 spiro atoms. The number of carbonyl (C=O) groups excluding carboxylic acids is 2. The molecule has 1 N–H and O–H groups in total. The third kappa shape index (κ3) is 6.84. The monoisotopic (exact) mass is 632 g/mol. The topological polar surface area (TPSA) is 113 Å². The summed E-state index contributed by atoms with van der Waals surface area (Å²) >= 11 is 0. The maximum absolute atomic E-state index is 13.4. The van der Waals surface area contributed by atoms with E-state index in [2.05, 4.69) is 4.99 Å². The van der Waals surface area contributed by atoms with Crippen LogP contribution in [0.2, 0.25) is 0 Å². The molecule has 3 unspecified atom stereocenters. The van der Waals surface area contributed by atoms with Gasteiger partial charge in [-0.1, -0.05) is 11.1 Å². The number of likely N-dealkylation sites (N-methyl/N-ethyl adjacent to an activating group) is 1. The lowest BCUT2D eigenvalue weighted by Gasteiger charge is -2.31. The molecule has 2 aromatic carbocycles. The number of rotatable bonds is 13. The third-order valence-corrected chi connectivity index (χ3v) is 8.69. The molecule has 11 nitrogen and oxygen atoms in total. The number of aliphatic hydroxyl groups excluding tert-OH is 1. The van der Waals surface area contributed by atoms with Gasteiger partial charge in [0.2, 0.25) is 6.41 Å². The Kier molecular flexibility index (Phi) is 10.2. The van der Waals surface area contributed by atoms with Crippen molar-refractivity contribution < 1.29 is 33.6 Å². The van der Waals surface area contributed by atoms with E-state index in [1.807, 2.05) is 45.3 Å². The maximum Gasteiger partial charge on any atom is 0.260 e. The minimum atomic E-state index is -0.850. The van der Waals surface area contributed by atoms with Crippen LogP contribution in [0, 0.1) is 6.92 Å². The first-order valence-electron chi connectivity index (χ1n) is 15.7. The molecular formula is C35H44N4O7. The normalized spacial score (nSPS) is 20.7. The second-order valence-corrected chi connectivity index (χ2v) is 12.1. The van der Waals surface area contributed by atoms with Gasteiger partial charge in [-0.2, -0.15) is 0 Å². The standard InChI is InChI=1S/C35H44N4O7/c1-22-12-25(38(19-22)21-40)18-36-27-16-32(30(43-5)14-24(27)3)45-10-8-7-9-11-46-33-17-28-26(15-31(33)44-6)34(41)39-20-23(2)13-29(39)35(42)37(28)4/h14-21,25,29,35,42H,7-13H2,1-6H3. The molecule has 0 aromatic heterocycles. The Bertz CT molecular complexity index is 1550. The highest BCUT2D eigenvalue weighted by Crippen LogP contribution is 2.41. The number of aliphatic hydroxyl groups is 1. The fraction of sp³-hybridized carbons (Fsp3) is 0.457. The van der Waals surface area contributed by atoms with Crippen LogP contribution in [0.1, 0.15) is 61.9 Å². The zero-order valence-electron chi connectivity index (χ0n) is 27.5. The van der Waals surface area contributed by atoms with E-state index >= 15 is 0 Å². The first-order valence-corrected chi connectivity index (χ1v) is 15.7. The summed E-state index contributed by atoms with van der Waals surface area (Å²) in [6.45, 7) is 6.87. The van der Waals surface area contributed by atoms with Crippen molar-refractivity contribution in [1.29, 1.82) is 0 Å². The van der Waals surface area contributed by atoms with E-state index in [0.717, 1.165) is 54.5 Å². The van der Waals surface area contributed by atoms with Crippen LogP contribution in [0.15, 0.2) is 52.8 Å². The van der Waals surface area contributed by atoms with Crippen LogP contribution in [0.3, 0.4) is 0 Å². The summed E-state index contributed by atoms with van der Waals surface area (Å²) in [4.78, 5) is 34.4. The van der Waals surface area contributed by atoms with Crippen molar-refractivity contribution in [2.45, 2.75) is 71.2 Å². The number of anilines is 1. The molecule has 0 saturated carbocycles. The summed E-state index contributed by atoms with van der Waals surface area (Å²) in [5.41, 5.74) is 4.97. The van der Waals surface area contributed by atoms with Gasteiger partial charge in [-0.3, -0.25) is 14.6 Å². The second-order valence-electron chi connectivity index (χ2n) is 12.1. The summed E-state index contributed by atoms with van der Waals surface area (Å²) in [6.07, 6.45) is 9.28. The van der Waals surface area contributed by atoms with E-state index in [0.29, 0.717) is 53.9 Å². The molecule has 0 saturated heterocycles. The fourth-order valence-corrected chi connectivity index (χ4v) is 6.15.